The van der Waals surface area contributed by atoms with Crippen LogP contribution in [0.2, 0.25) is 0 Å². The Morgan fingerprint density at radius 1 is 1.40 bits per heavy atom. The number of aromatic amines is 1. The van der Waals surface area contributed by atoms with Crippen molar-refractivity contribution in [2.75, 3.05) is 6.54 Å². The van der Waals surface area contributed by atoms with Crippen molar-refractivity contribution in [2.45, 2.75) is 32.2 Å². The van der Waals surface area contributed by atoms with Crippen LogP contribution in [0.1, 0.15) is 47.7 Å². The predicted octanol–water partition coefficient (Wildman–Crippen LogP) is 1.74. The minimum Gasteiger partial charge on any atom is -0.332 e. The van der Waals surface area contributed by atoms with Gasteiger partial charge in [-0.1, -0.05) is 0 Å². The lowest BCUT2D eigenvalue weighted by Gasteiger charge is -2.19. The molecule has 0 aliphatic heterocycles. The van der Waals surface area contributed by atoms with Crippen molar-refractivity contribution < 1.29 is 4.79 Å². The fourth-order valence-corrected chi connectivity index (χ4v) is 2.09. The van der Waals surface area contributed by atoms with E-state index < -0.39 is 0 Å². The summed E-state index contributed by atoms with van der Waals surface area (Å²) in [5.74, 6) is 1.45. The SMILES string of the molecule is CCN(Cc1ccncc1)C(=O)c1n[nH]c(C2CC2)n1. The molecule has 0 aromatic carbocycles. The molecule has 2 aromatic heterocycles. The molecule has 0 saturated heterocycles. The van der Waals surface area contributed by atoms with E-state index in [0.29, 0.717) is 19.0 Å². The molecule has 2 aromatic rings. The number of rotatable bonds is 5. The number of pyridine rings is 1. The molecular weight excluding hydrogens is 254 g/mol. The molecule has 1 aliphatic carbocycles. The van der Waals surface area contributed by atoms with E-state index in [2.05, 4.69) is 20.2 Å². The first-order chi connectivity index (χ1) is 9.78. The summed E-state index contributed by atoms with van der Waals surface area (Å²) in [5.41, 5.74) is 1.05. The molecule has 6 nitrogen and oxygen atoms in total. The lowest BCUT2D eigenvalue weighted by Crippen LogP contribution is -2.31. The minimum atomic E-state index is -0.132. The molecule has 3 rings (SSSR count). The first-order valence-electron chi connectivity index (χ1n) is 6.88. The van der Waals surface area contributed by atoms with Crippen LogP contribution in [-0.2, 0) is 6.54 Å². The molecule has 1 saturated carbocycles. The summed E-state index contributed by atoms with van der Waals surface area (Å²) in [5, 5.41) is 6.92. The van der Waals surface area contributed by atoms with Gasteiger partial charge >= 0.3 is 0 Å². The summed E-state index contributed by atoms with van der Waals surface area (Å²) >= 11 is 0. The Morgan fingerprint density at radius 2 is 2.15 bits per heavy atom. The number of nitrogens with zero attached hydrogens (tertiary/aromatic N) is 4. The Hall–Kier alpha value is -2.24. The van der Waals surface area contributed by atoms with E-state index in [1.165, 1.54) is 0 Å². The van der Waals surface area contributed by atoms with Gasteiger partial charge in [-0.05, 0) is 37.5 Å². The van der Waals surface area contributed by atoms with Crippen molar-refractivity contribution >= 4 is 5.91 Å². The Bertz CT molecular complexity index is 591. The van der Waals surface area contributed by atoms with Crippen LogP contribution in [0.3, 0.4) is 0 Å². The highest BCUT2D eigenvalue weighted by molar-refractivity contribution is 5.90. The zero-order valence-corrected chi connectivity index (χ0v) is 11.4. The molecule has 0 spiro atoms. The summed E-state index contributed by atoms with van der Waals surface area (Å²) < 4.78 is 0. The van der Waals surface area contributed by atoms with Gasteiger partial charge in [-0.3, -0.25) is 14.9 Å². The highest BCUT2D eigenvalue weighted by Crippen LogP contribution is 2.37. The second kappa shape index (κ2) is 5.40. The van der Waals surface area contributed by atoms with Crippen molar-refractivity contribution in [1.82, 2.24) is 25.1 Å². The molecular formula is C14H17N5O. The Balaban J connectivity index is 1.72. The van der Waals surface area contributed by atoms with Gasteiger partial charge in [0.1, 0.15) is 5.82 Å². The van der Waals surface area contributed by atoms with Gasteiger partial charge in [0.05, 0.1) is 0 Å². The lowest BCUT2D eigenvalue weighted by molar-refractivity contribution is 0.0740. The summed E-state index contributed by atoms with van der Waals surface area (Å²) in [7, 11) is 0. The van der Waals surface area contributed by atoms with Gasteiger partial charge in [-0.15, -0.1) is 5.10 Å². The van der Waals surface area contributed by atoms with Gasteiger partial charge in [-0.25, -0.2) is 4.98 Å². The predicted molar refractivity (Wildman–Crippen MR) is 73.0 cm³/mol. The third kappa shape index (κ3) is 2.68. The topological polar surface area (TPSA) is 74.8 Å². The summed E-state index contributed by atoms with van der Waals surface area (Å²) in [6.07, 6.45) is 5.73. The molecule has 1 N–H and O–H groups in total. The monoisotopic (exact) mass is 271 g/mol. The van der Waals surface area contributed by atoms with Gasteiger partial charge < -0.3 is 4.90 Å². The highest BCUT2D eigenvalue weighted by Gasteiger charge is 2.29. The second-order valence-corrected chi connectivity index (χ2v) is 4.99. The molecule has 0 atom stereocenters. The smallest absolute Gasteiger partial charge is 0.293 e. The van der Waals surface area contributed by atoms with Crippen molar-refractivity contribution in [2.24, 2.45) is 0 Å². The molecule has 0 radical (unpaired) electrons. The highest BCUT2D eigenvalue weighted by atomic mass is 16.2. The average Bonchev–Trinajstić information content (AvgIpc) is 3.22. The van der Waals surface area contributed by atoms with E-state index in [1.54, 1.807) is 17.3 Å². The fourth-order valence-electron chi connectivity index (χ4n) is 2.09. The van der Waals surface area contributed by atoms with Crippen LogP contribution in [0.4, 0.5) is 0 Å². The molecule has 0 unspecified atom stereocenters. The standard InChI is InChI=1S/C14H17N5O/c1-2-19(9-10-5-7-15-8-6-10)14(20)13-16-12(17-18-13)11-3-4-11/h5-8,11H,2-4,9H2,1H3,(H,16,17,18). The lowest BCUT2D eigenvalue weighted by atomic mass is 10.2. The normalized spacial score (nSPS) is 14.2. The van der Waals surface area contributed by atoms with Crippen LogP contribution < -0.4 is 0 Å². The van der Waals surface area contributed by atoms with E-state index in [0.717, 1.165) is 24.2 Å². The number of H-pyrrole nitrogens is 1. The van der Waals surface area contributed by atoms with Crippen LogP contribution in [-0.4, -0.2) is 37.5 Å². The van der Waals surface area contributed by atoms with Gasteiger partial charge in [0.25, 0.3) is 5.91 Å². The molecule has 1 amide bonds. The zero-order chi connectivity index (χ0) is 13.9. The van der Waals surface area contributed by atoms with Crippen molar-refractivity contribution in [3.63, 3.8) is 0 Å². The van der Waals surface area contributed by atoms with E-state index in [9.17, 15) is 4.79 Å². The first-order valence-corrected chi connectivity index (χ1v) is 6.88. The van der Waals surface area contributed by atoms with E-state index in [-0.39, 0.29) is 11.7 Å². The van der Waals surface area contributed by atoms with Crippen molar-refractivity contribution in [3.8, 4) is 0 Å². The minimum absolute atomic E-state index is 0.132. The number of carbonyl (C=O) groups is 1. The molecule has 1 aliphatic rings. The van der Waals surface area contributed by atoms with Crippen LogP contribution in [0.15, 0.2) is 24.5 Å². The van der Waals surface area contributed by atoms with Gasteiger partial charge in [-0.2, -0.15) is 0 Å². The molecule has 6 heteroatoms. The molecule has 0 bridgehead atoms. The van der Waals surface area contributed by atoms with E-state index in [1.807, 2.05) is 19.1 Å². The zero-order valence-electron chi connectivity index (χ0n) is 11.4. The van der Waals surface area contributed by atoms with Crippen molar-refractivity contribution in [3.05, 3.63) is 41.7 Å². The van der Waals surface area contributed by atoms with Gasteiger partial charge in [0.15, 0.2) is 0 Å². The third-order valence-electron chi connectivity index (χ3n) is 3.45. The average molecular weight is 271 g/mol. The van der Waals surface area contributed by atoms with Gasteiger partial charge in [0.2, 0.25) is 5.82 Å². The maximum Gasteiger partial charge on any atom is 0.293 e. The summed E-state index contributed by atoms with van der Waals surface area (Å²) in [4.78, 5) is 22.4. The van der Waals surface area contributed by atoms with Crippen molar-refractivity contribution in [1.29, 1.82) is 0 Å². The number of aromatic nitrogens is 4. The third-order valence-corrected chi connectivity index (χ3v) is 3.45. The number of amides is 1. The molecule has 20 heavy (non-hydrogen) atoms. The summed E-state index contributed by atoms with van der Waals surface area (Å²) in [6, 6.07) is 3.81. The fraction of sp³-hybridized carbons (Fsp3) is 0.429. The Kier molecular flexibility index (Phi) is 3.45. The molecule has 104 valence electrons. The summed E-state index contributed by atoms with van der Waals surface area (Å²) in [6.45, 7) is 3.12. The second-order valence-electron chi connectivity index (χ2n) is 4.99. The number of carbonyl (C=O) groups excluding carboxylic acids is 1. The first kappa shape index (κ1) is 12.8. The number of hydrogen-bond acceptors (Lipinski definition) is 4. The van der Waals surface area contributed by atoms with Crippen LogP contribution in [0.25, 0.3) is 0 Å². The van der Waals surface area contributed by atoms with Gasteiger partial charge in [0, 0.05) is 31.4 Å². The van der Waals surface area contributed by atoms with Crippen LogP contribution >= 0.6 is 0 Å². The largest absolute Gasteiger partial charge is 0.332 e. The number of nitrogens with one attached hydrogen (secondary N) is 1. The maximum atomic E-state index is 12.4. The Morgan fingerprint density at radius 3 is 2.80 bits per heavy atom. The van der Waals surface area contributed by atoms with Crippen LogP contribution in [0, 0.1) is 0 Å². The molecule has 2 heterocycles. The van der Waals surface area contributed by atoms with E-state index in [4.69, 9.17) is 0 Å². The quantitative estimate of drug-likeness (QED) is 0.898. The van der Waals surface area contributed by atoms with Crippen LogP contribution in [0.5, 0.6) is 0 Å². The van der Waals surface area contributed by atoms with E-state index >= 15 is 0 Å². The maximum absolute atomic E-state index is 12.4. The molecule has 1 fully saturated rings. The Labute approximate surface area is 117 Å². The number of hydrogen-bond donors (Lipinski definition) is 1.